The van der Waals surface area contributed by atoms with Gasteiger partial charge in [0.2, 0.25) is 0 Å². The van der Waals surface area contributed by atoms with E-state index >= 15 is 0 Å². The number of carbonyl (C=O) groups excluding carboxylic acids is 1. The molecule has 7 nitrogen and oxygen atoms in total. The van der Waals surface area contributed by atoms with Gasteiger partial charge in [0.25, 0.3) is 11.6 Å². The fourth-order valence-electron chi connectivity index (χ4n) is 2.48. The summed E-state index contributed by atoms with van der Waals surface area (Å²) in [5, 5.41) is 21.4. The summed E-state index contributed by atoms with van der Waals surface area (Å²) in [6.45, 7) is 4.19. The van der Waals surface area contributed by atoms with E-state index < -0.39 is 16.9 Å². The van der Waals surface area contributed by atoms with Crippen molar-refractivity contribution in [3.63, 3.8) is 0 Å². The lowest BCUT2D eigenvalue weighted by atomic mass is 10.1. The molecule has 0 aliphatic heterocycles. The molecule has 25 heavy (non-hydrogen) atoms. The van der Waals surface area contributed by atoms with E-state index in [0.717, 1.165) is 5.56 Å². The van der Waals surface area contributed by atoms with E-state index in [1.165, 1.54) is 23.1 Å². The van der Waals surface area contributed by atoms with Crippen LogP contribution in [0.1, 0.15) is 34.5 Å². The number of nitrogens with zero attached hydrogens (tertiary/aromatic N) is 2. The van der Waals surface area contributed by atoms with Crippen molar-refractivity contribution >= 4 is 17.3 Å². The van der Waals surface area contributed by atoms with Crippen molar-refractivity contribution in [2.75, 3.05) is 18.8 Å². The number of likely N-dealkylation sites (N-methyl/N-ethyl adjacent to an activating group) is 1. The maximum absolute atomic E-state index is 12.6. The number of aliphatic hydroxyl groups is 1. The molecule has 0 aliphatic rings. The van der Waals surface area contributed by atoms with Crippen molar-refractivity contribution in [3.05, 3.63) is 69.3 Å². The quantitative estimate of drug-likeness (QED) is 0.476. The fraction of sp³-hybridized carbons (Fsp3) is 0.278. The van der Waals surface area contributed by atoms with Crippen LogP contribution in [0.3, 0.4) is 0 Å². The number of hydrogen-bond donors (Lipinski definition) is 2. The molecule has 0 saturated carbocycles. The third-order valence-corrected chi connectivity index (χ3v) is 4.00. The minimum atomic E-state index is -0.840. The third kappa shape index (κ3) is 4.33. The first-order valence-electron chi connectivity index (χ1n) is 7.91. The van der Waals surface area contributed by atoms with Crippen LogP contribution in [0.15, 0.2) is 42.5 Å². The monoisotopic (exact) mass is 343 g/mol. The SMILES string of the molecule is CCN(CC(O)c1ccc(C)cc1)C(=O)c1ccc(N)c([N+](=O)[O-])c1. The second-order valence-corrected chi connectivity index (χ2v) is 5.80. The van der Waals surface area contributed by atoms with Gasteiger partial charge in [0, 0.05) is 18.2 Å². The molecule has 3 N–H and O–H groups in total. The van der Waals surface area contributed by atoms with E-state index in [4.69, 9.17) is 5.73 Å². The Morgan fingerprint density at radius 2 is 1.92 bits per heavy atom. The van der Waals surface area contributed by atoms with E-state index in [9.17, 15) is 20.0 Å². The maximum atomic E-state index is 12.6. The van der Waals surface area contributed by atoms with Gasteiger partial charge in [-0.1, -0.05) is 29.8 Å². The van der Waals surface area contributed by atoms with Crippen LogP contribution in [0, 0.1) is 17.0 Å². The summed E-state index contributed by atoms with van der Waals surface area (Å²) in [5.74, 6) is -0.392. The first-order chi connectivity index (χ1) is 11.8. The lowest BCUT2D eigenvalue weighted by molar-refractivity contribution is -0.383. The molecule has 0 aliphatic carbocycles. The van der Waals surface area contributed by atoms with Crippen molar-refractivity contribution in [3.8, 4) is 0 Å². The third-order valence-electron chi connectivity index (χ3n) is 4.00. The molecule has 1 amide bonds. The summed E-state index contributed by atoms with van der Waals surface area (Å²) < 4.78 is 0. The minimum absolute atomic E-state index is 0.00397. The molecule has 1 atom stereocenters. The second-order valence-electron chi connectivity index (χ2n) is 5.80. The van der Waals surface area contributed by atoms with Crippen molar-refractivity contribution in [1.82, 2.24) is 4.90 Å². The number of anilines is 1. The largest absolute Gasteiger partial charge is 0.393 e. The number of carbonyl (C=O) groups is 1. The average molecular weight is 343 g/mol. The molecule has 0 fully saturated rings. The summed E-state index contributed by atoms with van der Waals surface area (Å²) >= 11 is 0. The highest BCUT2D eigenvalue weighted by atomic mass is 16.6. The van der Waals surface area contributed by atoms with Gasteiger partial charge in [-0.15, -0.1) is 0 Å². The van der Waals surface area contributed by atoms with Gasteiger partial charge in [-0.2, -0.15) is 0 Å². The molecule has 1 unspecified atom stereocenters. The number of benzene rings is 2. The van der Waals surface area contributed by atoms with Crippen LogP contribution in [-0.4, -0.2) is 33.9 Å². The van der Waals surface area contributed by atoms with Crippen LogP contribution in [0.4, 0.5) is 11.4 Å². The van der Waals surface area contributed by atoms with Gasteiger partial charge in [-0.25, -0.2) is 0 Å². The van der Waals surface area contributed by atoms with Gasteiger partial charge < -0.3 is 15.7 Å². The van der Waals surface area contributed by atoms with Gasteiger partial charge in [0.05, 0.1) is 17.6 Å². The Labute approximate surface area is 145 Å². The lowest BCUT2D eigenvalue weighted by Crippen LogP contribution is -2.34. The minimum Gasteiger partial charge on any atom is -0.393 e. The van der Waals surface area contributed by atoms with E-state index in [2.05, 4.69) is 0 Å². The Kier molecular flexibility index (Phi) is 5.71. The van der Waals surface area contributed by atoms with Crippen LogP contribution >= 0.6 is 0 Å². The zero-order valence-corrected chi connectivity index (χ0v) is 14.2. The van der Waals surface area contributed by atoms with Gasteiger partial charge in [-0.3, -0.25) is 14.9 Å². The van der Waals surface area contributed by atoms with Crippen molar-refractivity contribution in [2.24, 2.45) is 0 Å². The average Bonchev–Trinajstić information content (AvgIpc) is 2.59. The number of hydrogen-bond acceptors (Lipinski definition) is 5. The maximum Gasteiger partial charge on any atom is 0.292 e. The molecule has 7 heteroatoms. The Balaban J connectivity index is 2.19. The number of nitro groups is 1. The molecular weight excluding hydrogens is 322 g/mol. The van der Waals surface area contributed by atoms with Crippen molar-refractivity contribution < 1.29 is 14.8 Å². The Hall–Kier alpha value is -2.93. The standard InChI is InChI=1S/C18H21N3O4/c1-3-20(11-17(22)13-6-4-12(2)5-7-13)18(23)14-8-9-15(19)16(10-14)21(24)25/h4-10,17,22H,3,11,19H2,1-2H3. The number of amides is 1. The van der Waals surface area contributed by atoms with Crippen molar-refractivity contribution in [2.45, 2.75) is 20.0 Å². The summed E-state index contributed by atoms with van der Waals surface area (Å²) in [6, 6.07) is 11.4. The van der Waals surface area contributed by atoms with Crippen LogP contribution in [0.2, 0.25) is 0 Å². The highest BCUT2D eigenvalue weighted by molar-refractivity contribution is 5.95. The van der Waals surface area contributed by atoms with E-state index in [1.54, 1.807) is 6.92 Å². The smallest absolute Gasteiger partial charge is 0.292 e. The second kappa shape index (κ2) is 7.76. The van der Waals surface area contributed by atoms with Gasteiger partial charge in [-0.05, 0) is 31.5 Å². The van der Waals surface area contributed by atoms with Crippen LogP contribution < -0.4 is 5.73 Å². The molecule has 2 rings (SSSR count). The number of nitrogen functional groups attached to an aromatic ring is 1. The summed E-state index contributed by atoms with van der Waals surface area (Å²) in [6.07, 6.45) is -0.840. The number of aryl methyl sites for hydroxylation is 1. The molecule has 0 bridgehead atoms. The molecule has 0 radical (unpaired) electrons. The number of nitro benzene ring substituents is 1. The molecule has 0 aromatic heterocycles. The summed E-state index contributed by atoms with van der Waals surface area (Å²) in [4.78, 5) is 24.4. The van der Waals surface area contributed by atoms with Gasteiger partial charge in [0.1, 0.15) is 5.69 Å². The van der Waals surface area contributed by atoms with Crippen LogP contribution in [0.5, 0.6) is 0 Å². The highest BCUT2D eigenvalue weighted by Crippen LogP contribution is 2.24. The number of rotatable bonds is 6. The van der Waals surface area contributed by atoms with Crippen LogP contribution in [-0.2, 0) is 0 Å². The molecule has 0 saturated heterocycles. The molecule has 2 aromatic rings. The first-order valence-corrected chi connectivity index (χ1v) is 7.91. The molecule has 0 heterocycles. The van der Waals surface area contributed by atoms with Crippen LogP contribution in [0.25, 0.3) is 0 Å². The van der Waals surface area contributed by atoms with Gasteiger partial charge >= 0.3 is 0 Å². The zero-order valence-electron chi connectivity index (χ0n) is 14.2. The summed E-state index contributed by atoms with van der Waals surface area (Å²) in [5.41, 5.74) is 7.21. The number of nitrogens with two attached hydrogens (primary N) is 1. The molecular formula is C18H21N3O4. The topological polar surface area (TPSA) is 110 Å². The predicted octanol–water partition coefficient (Wildman–Crippen LogP) is 2.68. The Morgan fingerprint density at radius 1 is 1.28 bits per heavy atom. The molecule has 132 valence electrons. The van der Waals surface area contributed by atoms with Crippen molar-refractivity contribution in [1.29, 1.82) is 0 Å². The lowest BCUT2D eigenvalue weighted by Gasteiger charge is -2.24. The molecule has 2 aromatic carbocycles. The highest BCUT2D eigenvalue weighted by Gasteiger charge is 2.21. The first kappa shape index (κ1) is 18.4. The predicted molar refractivity (Wildman–Crippen MR) is 95.2 cm³/mol. The normalized spacial score (nSPS) is 11.8. The van der Waals surface area contributed by atoms with E-state index in [-0.39, 0.29) is 23.5 Å². The Bertz CT molecular complexity index is 774. The molecule has 0 spiro atoms. The van der Waals surface area contributed by atoms with Gasteiger partial charge in [0.15, 0.2) is 0 Å². The van der Waals surface area contributed by atoms with E-state index in [0.29, 0.717) is 12.1 Å². The summed E-state index contributed by atoms with van der Waals surface area (Å²) in [7, 11) is 0. The number of aliphatic hydroxyl groups excluding tert-OH is 1. The fourth-order valence-corrected chi connectivity index (χ4v) is 2.48. The van der Waals surface area contributed by atoms with E-state index in [1.807, 2.05) is 31.2 Å². The Morgan fingerprint density at radius 3 is 2.48 bits per heavy atom. The zero-order chi connectivity index (χ0) is 18.6.